The first-order valence-corrected chi connectivity index (χ1v) is 19.3. The molecule has 0 atom stereocenters. The van der Waals surface area contributed by atoms with E-state index in [1.165, 1.54) is 16.7 Å². The van der Waals surface area contributed by atoms with Crippen LogP contribution in [-0.2, 0) is 5.41 Å². The Kier molecular flexibility index (Phi) is 7.45. The lowest BCUT2D eigenvalue weighted by molar-refractivity contribution is 0.361. The summed E-state index contributed by atoms with van der Waals surface area (Å²) in [6, 6.07) is 60.6. The van der Waals surface area contributed by atoms with E-state index in [2.05, 4.69) is 129 Å². The summed E-state index contributed by atoms with van der Waals surface area (Å²) in [6.45, 7) is 4.55. The second-order valence-corrected chi connectivity index (χ2v) is 15.1. The van der Waals surface area contributed by atoms with Gasteiger partial charge in [0.1, 0.15) is 0 Å². The number of rotatable bonds is 5. The molecule has 1 aliphatic carbocycles. The fraction of sp³-hybridized carbons (Fsp3) is 0.0577. The standard InChI is InChI=1S/C52H35N3O2/c1-52(2)42-25-12-11-23-41(42)46-43(52)29-30-45-48(46)57-47-37(24-14-26-44(47)56-45)34-19-13-20-35(31-34)50-53-49(33-17-7-4-8-18-33)54-51(55-50)40-28-27-36(32-15-5-3-6-16-32)38-21-9-10-22-39(38)40/h3-31H,1-2H3. The summed E-state index contributed by atoms with van der Waals surface area (Å²) >= 11 is 0. The van der Waals surface area contributed by atoms with Crippen molar-refractivity contribution in [2.24, 2.45) is 0 Å². The molecule has 2 aliphatic rings. The van der Waals surface area contributed by atoms with Crippen LogP contribution < -0.4 is 9.47 Å². The molecule has 0 saturated carbocycles. The summed E-state index contributed by atoms with van der Waals surface area (Å²) in [5.74, 6) is 4.64. The topological polar surface area (TPSA) is 57.1 Å². The molecule has 0 unspecified atom stereocenters. The second kappa shape index (κ2) is 12.9. The van der Waals surface area contributed by atoms with E-state index in [-0.39, 0.29) is 5.41 Å². The summed E-state index contributed by atoms with van der Waals surface area (Å²) in [7, 11) is 0. The normalized spacial score (nSPS) is 13.2. The first-order chi connectivity index (χ1) is 28.0. The minimum atomic E-state index is -0.156. The van der Waals surface area contributed by atoms with Gasteiger partial charge in [-0.1, -0.05) is 166 Å². The minimum absolute atomic E-state index is 0.156. The number of aromatic nitrogens is 3. The van der Waals surface area contributed by atoms with E-state index in [0.717, 1.165) is 66.8 Å². The second-order valence-electron chi connectivity index (χ2n) is 15.1. The average molecular weight is 734 g/mol. The molecule has 270 valence electrons. The van der Waals surface area contributed by atoms with E-state index in [1.807, 2.05) is 60.7 Å². The highest BCUT2D eigenvalue weighted by Gasteiger charge is 2.39. The van der Waals surface area contributed by atoms with Gasteiger partial charge in [-0.25, -0.2) is 15.0 Å². The molecule has 5 heteroatoms. The molecule has 0 N–H and O–H groups in total. The van der Waals surface area contributed by atoms with E-state index in [0.29, 0.717) is 29.0 Å². The number of para-hydroxylation sites is 1. The van der Waals surface area contributed by atoms with Crippen LogP contribution in [-0.4, -0.2) is 15.0 Å². The zero-order valence-electron chi connectivity index (χ0n) is 31.4. The first-order valence-electron chi connectivity index (χ1n) is 19.3. The van der Waals surface area contributed by atoms with Crippen molar-refractivity contribution in [2.45, 2.75) is 19.3 Å². The zero-order valence-corrected chi connectivity index (χ0v) is 31.4. The van der Waals surface area contributed by atoms with Gasteiger partial charge in [-0.2, -0.15) is 0 Å². The lowest BCUT2D eigenvalue weighted by Gasteiger charge is -2.26. The molecule has 9 aromatic rings. The predicted molar refractivity (Wildman–Crippen MR) is 229 cm³/mol. The molecule has 1 aliphatic heterocycles. The number of ether oxygens (including phenoxy) is 2. The highest BCUT2D eigenvalue weighted by molar-refractivity contribution is 6.04. The van der Waals surface area contributed by atoms with Gasteiger partial charge in [0, 0.05) is 33.2 Å². The van der Waals surface area contributed by atoms with Crippen LogP contribution in [0.2, 0.25) is 0 Å². The van der Waals surface area contributed by atoms with Gasteiger partial charge in [-0.05, 0) is 68.4 Å². The molecule has 11 rings (SSSR count). The van der Waals surface area contributed by atoms with E-state index >= 15 is 0 Å². The van der Waals surface area contributed by atoms with Crippen LogP contribution in [0, 0.1) is 0 Å². The Hall–Kier alpha value is -7.37. The zero-order chi connectivity index (χ0) is 38.1. The largest absolute Gasteiger partial charge is 0.449 e. The molecule has 0 spiro atoms. The summed E-state index contributed by atoms with van der Waals surface area (Å²) < 4.78 is 13.6. The number of fused-ring (bicyclic) bond motifs is 7. The van der Waals surface area contributed by atoms with Crippen LogP contribution in [0.3, 0.4) is 0 Å². The van der Waals surface area contributed by atoms with Gasteiger partial charge in [0.05, 0.1) is 0 Å². The molecule has 0 bridgehead atoms. The lowest BCUT2D eigenvalue weighted by atomic mass is 9.82. The summed E-state index contributed by atoms with van der Waals surface area (Å²) in [5.41, 5.74) is 11.6. The fourth-order valence-corrected chi connectivity index (χ4v) is 8.61. The van der Waals surface area contributed by atoms with E-state index in [1.54, 1.807) is 0 Å². The molecule has 0 radical (unpaired) electrons. The van der Waals surface area contributed by atoms with E-state index in [9.17, 15) is 0 Å². The number of hydrogen-bond donors (Lipinski definition) is 0. The molecule has 5 nitrogen and oxygen atoms in total. The van der Waals surface area contributed by atoms with Crippen molar-refractivity contribution in [3.05, 3.63) is 187 Å². The van der Waals surface area contributed by atoms with Crippen LogP contribution in [0.25, 0.3) is 78.3 Å². The third-order valence-electron chi connectivity index (χ3n) is 11.4. The average Bonchev–Trinajstić information content (AvgIpc) is 3.51. The number of nitrogens with zero attached hydrogens (tertiary/aromatic N) is 3. The monoisotopic (exact) mass is 733 g/mol. The van der Waals surface area contributed by atoms with Crippen molar-refractivity contribution in [1.29, 1.82) is 0 Å². The third kappa shape index (κ3) is 5.35. The van der Waals surface area contributed by atoms with Gasteiger partial charge in [-0.3, -0.25) is 0 Å². The van der Waals surface area contributed by atoms with E-state index < -0.39 is 0 Å². The lowest BCUT2D eigenvalue weighted by Crippen LogP contribution is -2.15. The summed E-state index contributed by atoms with van der Waals surface area (Å²) in [4.78, 5) is 15.4. The molecular weight excluding hydrogens is 699 g/mol. The summed E-state index contributed by atoms with van der Waals surface area (Å²) in [5, 5.41) is 2.22. The minimum Gasteiger partial charge on any atom is -0.449 e. The van der Waals surface area contributed by atoms with Crippen LogP contribution >= 0.6 is 0 Å². The Morgan fingerprint density at radius 2 is 0.947 bits per heavy atom. The first kappa shape index (κ1) is 33.0. The smallest absolute Gasteiger partial charge is 0.178 e. The highest BCUT2D eigenvalue weighted by Crippen LogP contribution is 2.59. The van der Waals surface area contributed by atoms with Crippen LogP contribution in [0.4, 0.5) is 0 Å². The fourth-order valence-electron chi connectivity index (χ4n) is 8.61. The molecule has 0 amide bonds. The maximum absolute atomic E-state index is 6.97. The van der Waals surface area contributed by atoms with E-state index in [4.69, 9.17) is 24.4 Å². The molecule has 0 fully saturated rings. The Morgan fingerprint density at radius 3 is 1.75 bits per heavy atom. The predicted octanol–water partition coefficient (Wildman–Crippen LogP) is 13.6. The van der Waals surface area contributed by atoms with Crippen molar-refractivity contribution in [3.8, 4) is 90.5 Å². The van der Waals surface area contributed by atoms with Gasteiger partial charge in [0.15, 0.2) is 40.5 Å². The Labute approximate surface area is 330 Å². The molecule has 1 aromatic heterocycles. The number of hydrogen-bond acceptors (Lipinski definition) is 5. The van der Waals surface area contributed by atoms with Gasteiger partial charge >= 0.3 is 0 Å². The van der Waals surface area contributed by atoms with Crippen LogP contribution in [0.5, 0.6) is 23.0 Å². The van der Waals surface area contributed by atoms with Crippen molar-refractivity contribution in [1.82, 2.24) is 15.0 Å². The summed E-state index contributed by atoms with van der Waals surface area (Å²) in [6.07, 6.45) is 0. The van der Waals surface area contributed by atoms with Crippen molar-refractivity contribution >= 4 is 10.8 Å². The SMILES string of the molecule is CC1(C)c2ccccc2-c2c1ccc1c2Oc2c(cccc2-c2cccc(-c3nc(-c4ccccc4)nc(-c4ccc(-c5ccccc5)c5ccccc45)n3)c2)O1. The van der Waals surface area contributed by atoms with Crippen LogP contribution in [0.15, 0.2) is 176 Å². The molecule has 0 saturated heterocycles. The Balaban J connectivity index is 1.04. The molecule has 8 aromatic carbocycles. The van der Waals surface area contributed by atoms with Crippen molar-refractivity contribution < 1.29 is 9.47 Å². The Bertz CT molecular complexity index is 3050. The highest BCUT2D eigenvalue weighted by atomic mass is 16.6. The maximum Gasteiger partial charge on any atom is 0.178 e. The van der Waals surface area contributed by atoms with Crippen LogP contribution in [0.1, 0.15) is 25.0 Å². The maximum atomic E-state index is 6.97. The van der Waals surface area contributed by atoms with Gasteiger partial charge < -0.3 is 9.47 Å². The van der Waals surface area contributed by atoms with Crippen molar-refractivity contribution in [3.63, 3.8) is 0 Å². The Morgan fingerprint density at radius 1 is 0.368 bits per heavy atom. The van der Waals surface area contributed by atoms with Gasteiger partial charge in [0.25, 0.3) is 0 Å². The van der Waals surface area contributed by atoms with Crippen molar-refractivity contribution in [2.75, 3.05) is 0 Å². The quantitative estimate of drug-likeness (QED) is 0.176. The molecule has 57 heavy (non-hydrogen) atoms. The van der Waals surface area contributed by atoms with Gasteiger partial charge in [-0.15, -0.1) is 0 Å². The van der Waals surface area contributed by atoms with Gasteiger partial charge in [0.2, 0.25) is 0 Å². The third-order valence-corrected chi connectivity index (χ3v) is 11.4. The number of benzene rings is 8. The molecular formula is C52H35N3O2. The molecule has 2 heterocycles.